The van der Waals surface area contributed by atoms with E-state index in [-0.39, 0.29) is 0 Å². The van der Waals surface area contributed by atoms with Gasteiger partial charge in [0.05, 0.1) is 0 Å². The molecule has 1 N–H and O–H groups in total. The van der Waals surface area contributed by atoms with Crippen LogP contribution in [0.15, 0.2) is 0 Å². The lowest BCUT2D eigenvalue weighted by atomic mass is 10.2. The lowest BCUT2D eigenvalue weighted by molar-refractivity contribution is 0.374. The summed E-state index contributed by atoms with van der Waals surface area (Å²) in [6.45, 7) is 2.23. The van der Waals surface area contributed by atoms with E-state index in [2.05, 4.69) is 30.4 Å². The van der Waals surface area contributed by atoms with Gasteiger partial charge in [-0.2, -0.15) is 11.8 Å². The Morgan fingerprint density at radius 2 is 2.12 bits per heavy atom. The van der Waals surface area contributed by atoms with E-state index in [1.165, 1.54) is 25.7 Å². The van der Waals surface area contributed by atoms with Gasteiger partial charge in [0.15, 0.2) is 5.11 Å². The van der Waals surface area contributed by atoms with Crippen LogP contribution in [-0.4, -0.2) is 41.2 Å². The molecule has 1 saturated carbocycles. The van der Waals surface area contributed by atoms with Gasteiger partial charge in [0.25, 0.3) is 0 Å². The normalized spacial score (nSPS) is 18.4. The maximum absolute atomic E-state index is 5.48. The molecule has 0 aromatic heterocycles. The van der Waals surface area contributed by atoms with Crippen LogP contribution in [0.2, 0.25) is 0 Å². The third kappa shape index (κ3) is 4.13. The second-order valence-electron chi connectivity index (χ2n) is 4.56. The third-order valence-electron chi connectivity index (χ3n) is 3.38. The minimum absolute atomic E-state index is 0.566. The first-order valence-corrected chi connectivity index (χ1v) is 8.01. The van der Waals surface area contributed by atoms with Crippen molar-refractivity contribution in [1.29, 1.82) is 0 Å². The lowest BCUT2D eigenvalue weighted by Gasteiger charge is -2.31. The van der Waals surface area contributed by atoms with Crippen molar-refractivity contribution in [3.05, 3.63) is 0 Å². The zero-order valence-corrected chi connectivity index (χ0v) is 12.3. The van der Waals surface area contributed by atoms with E-state index in [0.29, 0.717) is 12.1 Å². The van der Waals surface area contributed by atoms with Crippen molar-refractivity contribution >= 4 is 29.1 Å². The number of thiocarbonyl (C=S) groups is 1. The fourth-order valence-electron chi connectivity index (χ4n) is 2.21. The van der Waals surface area contributed by atoms with Gasteiger partial charge in [0, 0.05) is 24.9 Å². The van der Waals surface area contributed by atoms with Gasteiger partial charge in [-0.3, -0.25) is 0 Å². The first-order chi connectivity index (χ1) is 7.69. The van der Waals surface area contributed by atoms with Crippen LogP contribution in [0.5, 0.6) is 0 Å². The van der Waals surface area contributed by atoms with E-state index < -0.39 is 0 Å². The van der Waals surface area contributed by atoms with Gasteiger partial charge in [-0.25, -0.2) is 0 Å². The van der Waals surface area contributed by atoms with Crippen LogP contribution >= 0.6 is 24.0 Å². The molecule has 1 rings (SSSR count). The average molecular weight is 260 g/mol. The number of thioether (sulfide) groups is 1. The topological polar surface area (TPSA) is 15.3 Å². The molecule has 2 nitrogen and oxygen atoms in total. The third-order valence-corrected chi connectivity index (χ3v) is 4.51. The molecule has 0 aromatic carbocycles. The Morgan fingerprint density at radius 1 is 1.50 bits per heavy atom. The van der Waals surface area contributed by atoms with Crippen LogP contribution in [0.25, 0.3) is 0 Å². The molecule has 0 radical (unpaired) electrons. The van der Waals surface area contributed by atoms with Crippen molar-refractivity contribution < 1.29 is 0 Å². The monoisotopic (exact) mass is 260 g/mol. The van der Waals surface area contributed by atoms with Gasteiger partial charge in [0.2, 0.25) is 0 Å². The molecule has 0 aliphatic heterocycles. The molecule has 16 heavy (non-hydrogen) atoms. The zero-order chi connectivity index (χ0) is 12.0. The van der Waals surface area contributed by atoms with Gasteiger partial charge in [-0.1, -0.05) is 19.8 Å². The van der Waals surface area contributed by atoms with E-state index in [1.54, 1.807) is 0 Å². The van der Waals surface area contributed by atoms with Crippen LogP contribution < -0.4 is 5.32 Å². The largest absolute Gasteiger partial charge is 0.360 e. The second kappa shape index (κ2) is 7.38. The molecule has 0 saturated heterocycles. The van der Waals surface area contributed by atoms with E-state index in [0.717, 1.165) is 17.3 Å². The Balaban J connectivity index is 2.38. The van der Waals surface area contributed by atoms with Crippen molar-refractivity contribution in [2.45, 2.75) is 51.1 Å². The predicted octanol–water partition coefficient (Wildman–Crippen LogP) is 2.88. The first-order valence-electron chi connectivity index (χ1n) is 6.21. The van der Waals surface area contributed by atoms with Gasteiger partial charge in [0.1, 0.15) is 0 Å². The van der Waals surface area contributed by atoms with Crippen molar-refractivity contribution in [2.75, 3.05) is 19.1 Å². The van der Waals surface area contributed by atoms with Crippen molar-refractivity contribution in [2.24, 2.45) is 0 Å². The standard InChI is InChI=1S/C12H24N2S2/c1-4-11(9-16-3)14(2)12(15)13-10-7-5-6-8-10/h10-11H,4-9H2,1-3H3,(H,13,15). The molecule has 1 fully saturated rings. The maximum atomic E-state index is 5.48. The van der Waals surface area contributed by atoms with Gasteiger partial charge in [-0.15, -0.1) is 0 Å². The molecule has 0 amide bonds. The number of hydrogen-bond donors (Lipinski definition) is 1. The van der Waals surface area contributed by atoms with Crippen molar-refractivity contribution in [1.82, 2.24) is 10.2 Å². The lowest BCUT2D eigenvalue weighted by Crippen LogP contribution is -2.47. The second-order valence-corrected chi connectivity index (χ2v) is 5.86. The molecule has 1 aliphatic rings. The molecule has 0 heterocycles. The molecule has 1 unspecified atom stereocenters. The van der Waals surface area contributed by atoms with Gasteiger partial charge < -0.3 is 10.2 Å². The van der Waals surface area contributed by atoms with Crippen LogP contribution in [0.3, 0.4) is 0 Å². The molecule has 0 bridgehead atoms. The van der Waals surface area contributed by atoms with Crippen molar-refractivity contribution in [3.8, 4) is 0 Å². The number of nitrogens with one attached hydrogen (secondary N) is 1. The van der Waals surface area contributed by atoms with Crippen LogP contribution in [0.1, 0.15) is 39.0 Å². The summed E-state index contributed by atoms with van der Waals surface area (Å²) in [5, 5.41) is 4.44. The SMILES string of the molecule is CCC(CSC)N(C)C(=S)NC1CCCC1. The highest BCUT2D eigenvalue weighted by atomic mass is 32.2. The fourth-order valence-corrected chi connectivity index (χ4v) is 3.37. The molecule has 0 aromatic rings. The Morgan fingerprint density at radius 3 is 2.62 bits per heavy atom. The summed E-state index contributed by atoms with van der Waals surface area (Å²) >= 11 is 7.37. The summed E-state index contributed by atoms with van der Waals surface area (Å²) in [5.41, 5.74) is 0. The first kappa shape index (κ1) is 14.1. The molecule has 0 spiro atoms. The number of rotatable bonds is 5. The fraction of sp³-hybridized carbons (Fsp3) is 0.917. The minimum atomic E-state index is 0.566. The highest BCUT2D eigenvalue weighted by Gasteiger charge is 2.20. The van der Waals surface area contributed by atoms with Crippen LogP contribution in [0.4, 0.5) is 0 Å². The smallest absolute Gasteiger partial charge is 0.169 e. The average Bonchev–Trinajstić information content (AvgIpc) is 2.77. The zero-order valence-electron chi connectivity index (χ0n) is 10.7. The minimum Gasteiger partial charge on any atom is -0.360 e. The molecule has 94 valence electrons. The Bertz CT molecular complexity index is 215. The molecule has 4 heteroatoms. The molecule has 1 aliphatic carbocycles. The Hall–Kier alpha value is 0.0400. The van der Waals surface area contributed by atoms with Gasteiger partial charge >= 0.3 is 0 Å². The summed E-state index contributed by atoms with van der Waals surface area (Å²) < 4.78 is 0. The van der Waals surface area contributed by atoms with E-state index in [1.807, 2.05) is 11.8 Å². The van der Waals surface area contributed by atoms with Gasteiger partial charge in [-0.05, 0) is 37.7 Å². The molecule has 1 atom stereocenters. The number of nitrogens with zero attached hydrogens (tertiary/aromatic N) is 1. The van der Waals surface area contributed by atoms with E-state index >= 15 is 0 Å². The van der Waals surface area contributed by atoms with Crippen molar-refractivity contribution in [3.63, 3.8) is 0 Å². The molecular weight excluding hydrogens is 236 g/mol. The van der Waals surface area contributed by atoms with Crippen LogP contribution in [-0.2, 0) is 0 Å². The predicted molar refractivity (Wildman–Crippen MR) is 78.2 cm³/mol. The summed E-state index contributed by atoms with van der Waals surface area (Å²) in [6.07, 6.45) is 8.59. The number of hydrogen-bond acceptors (Lipinski definition) is 2. The Labute approximate surface area is 110 Å². The quantitative estimate of drug-likeness (QED) is 0.764. The maximum Gasteiger partial charge on any atom is 0.169 e. The Kier molecular flexibility index (Phi) is 6.51. The molecular formula is C12H24N2S2. The van der Waals surface area contributed by atoms with E-state index in [4.69, 9.17) is 12.2 Å². The summed E-state index contributed by atoms with van der Waals surface area (Å²) in [6, 6.07) is 1.19. The summed E-state index contributed by atoms with van der Waals surface area (Å²) in [5.74, 6) is 1.15. The highest BCUT2D eigenvalue weighted by Crippen LogP contribution is 2.18. The summed E-state index contributed by atoms with van der Waals surface area (Å²) in [7, 11) is 2.12. The van der Waals surface area contributed by atoms with Crippen LogP contribution in [0, 0.1) is 0 Å². The highest BCUT2D eigenvalue weighted by molar-refractivity contribution is 7.98. The van der Waals surface area contributed by atoms with E-state index in [9.17, 15) is 0 Å². The summed E-state index contributed by atoms with van der Waals surface area (Å²) in [4.78, 5) is 2.24.